The summed E-state index contributed by atoms with van der Waals surface area (Å²) in [5.41, 5.74) is 0.578. The highest BCUT2D eigenvalue weighted by Crippen LogP contribution is 2.31. The number of halogens is 4. The molecule has 0 spiro atoms. The number of carbonyl (C=O) groups excluding carboxylic acids is 4. The van der Waals surface area contributed by atoms with E-state index in [0.717, 1.165) is 0 Å². The maximum absolute atomic E-state index is 11.7. The van der Waals surface area contributed by atoms with E-state index < -0.39 is 21.0 Å². The molecular weight excluding hydrogens is 398 g/mol. The summed E-state index contributed by atoms with van der Waals surface area (Å²) >= 11 is 21.9. The first-order chi connectivity index (χ1) is 11.2. The lowest BCUT2D eigenvalue weighted by Gasteiger charge is -2.11. The molecule has 2 rings (SSSR count). The van der Waals surface area contributed by atoms with Crippen molar-refractivity contribution in [2.75, 3.05) is 0 Å². The zero-order valence-electron chi connectivity index (χ0n) is 11.6. The van der Waals surface area contributed by atoms with Gasteiger partial charge < -0.3 is 0 Å². The number of hydrogen-bond acceptors (Lipinski definition) is 4. The maximum Gasteiger partial charge on any atom is 0.253 e. The number of benzene rings is 2. The molecule has 0 bridgehead atoms. The normalized spacial score (nSPS) is 10.3. The monoisotopic (exact) mass is 402 g/mol. The fourth-order valence-corrected chi connectivity index (χ4v) is 2.68. The molecular formula is C16H6Cl4O4. The van der Waals surface area contributed by atoms with Crippen LogP contribution in [0.1, 0.15) is 41.4 Å². The van der Waals surface area contributed by atoms with Crippen LogP contribution in [-0.2, 0) is 0 Å². The molecule has 122 valence electrons. The van der Waals surface area contributed by atoms with E-state index in [4.69, 9.17) is 46.4 Å². The van der Waals surface area contributed by atoms with E-state index in [9.17, 15) is 19.2 Å². The van der Waals surface area contributed by atoms with Gasteiger partial charge in [-0.1, -0.05) is 12.1 Å². The predicted octanol–water partition coefficient (Wildman–Crippen LogP) is 4.87. The molecule has 0 heterocycles. The van der Waals surface area contributed by atoms with Crippen LogP contribution in [0.4, 0.5) is 0 Å². The molecule has 0 fully saturated rings. The molecule has 0 aliphatic heterocycles. The summed E-state index contributed by atoms with van der Waals surface area (Å²) in [5.74, 6) is 0. The quantitative estimate of drug-likeness (QED) is 0.667. The third-order valence-corrected chi connectivity index (χ3v) is 4.05. The van der Waals surface area contributed by atoms with Crippen LogP contribution < -0.4 is 0 Å². The van der Waals surface area contributed by atoms with E-state index in [2.05, 4.69) is 0 Å². The molecule has 0 N–H and O–H groups in total. The Kier molecular flexibility index (Phi) is 5.78. The van der Waals surface area contributed by atoms with E-state index in [1.807, 2.05) is 0 Å². The Morgan fingerprint density at radius 1 is 0.542 bits per heavy atom. The summed E-state index contributed by atoms with van der Waals surface area (Å²) in [7, 11) is 0. The topological polar surface area (TPSA) is 68.3 Å². The molecule has 0 amide bonds. The van der Waals surface area contributed by atoms with Crippen molar-refractivity contribution >= 4 is 67.4 Å². The average molecular weight is 404 g/mol. The van der Waals surface area contributed by atoms with E-state index in [1.54, 1.807) is 0 Å². The van der Waals surface area contributed by atoms with E-state index in [1.165, 1.54) is 36.4 Å². The lowest BCUT2D eigenvalue weighted by Crippen LogP contribution is -2.03. The third kappa shape index (κ3) is 3.84. The molecule has 0 atom stereocenters. The summed E-state index contributed by atoms with van der Waals surface area (Å²) < 4.78 is 0. The van der Waals surface area contributed by atoms with E-state index >= 15 is 0 Å². The van der Waals surface area contributed by atoms with Crippen molar-refractivity contribution in [1.29, 1.82) is 0 Å². The van der Waals surface area contributed by atoms with E-state index in [-0.39, 0.29) is 33.4 Å². The smallest absolute Gasteiger partial charge is 0.253 e. The Morgan fingerprint density at radius 3 is 1.12 bits per heavy atom. The minimum atomic E-state index is -0.852. The van der Waals surface area contributed by atoms with Gasteiger partial charge in [0.05, 0.1) is 0 Å². The molecule has 2 aromatic rings. The number of rotatable bonds is 5. The first kappa shape index (κ1) is 18.6. The fraction of sp³-hybridized carbons (Fsp3) is 0. The number of carbonyl (C=O) groups is 4. The van der Waals surface area contributed by atoms with Crippen LogP contribution in [-0.4, -0.2) is 21.0 Å². The van der Waals surface area contributed by atoms with Crippen molar-refractivity contribution in [3.05, 3.63) is 58.7 Å². The Morgan fingerprint density at radius 2 is 0.875 bits per heavy atom. The third-order valence-electron chi connectivity index (χ3n) is 3.21. The minimum Gasteiger partial charge on any atom is -0.276 e. The molecule has 0 aliphatic carbocycles. The standard InChI is InChI=1S/C16H6Cl4O4/c17-13(21)7-1-3-9(11(5-7)15(19)23)10-4-2-8(14(18)22)6-12(10)16(20)24/h1-6H. The Bertz CT molecular complexity index is 816. The van der Waals surface area contributed by atoms with Gasteiger partial charge in [0.1, 0.15) is 0 Å². The second kappa shape index (κ2) is 7.45. The first-order valence-electron chi connectivity index (χ1n) is 6.30. The lowest BCUT2D eigenvalue weighted by atomic mass is 9.93. The van der Waals surface area contributed by atoms with Crippen molar-refractivity contribution in [2.45, 2.75) is 0 Å². The van der Waals surface area contributed by atoms with Crippen molar-refractivity contribution < 1.29 is 19.2 Å². The first-order valence-corrected chi connectivity index (χ1v) is 7.81. The Hall–Kier alpha value is -1.72. The number of hydrogen-bond donors (Lipinski definition) is 0. The zero-order chi connectivity index (χ0) is 18.0. The summed E-state index contributed by atoms with van der Waals surface area (Å²) in [6, 6.07) is 7.98. The van der Waals surface area contributed by atoms with Gasteiger partial charge in [-0.2, -0.15) is 0 Å². The molecule has 2 aromatic carbocycles. The zero-order valence-corrected chi connectivity index (χ0v) is 14.6. The second-order valence-electron chi connectivity index (χ2n) is 4.62. The SMILES string of the molecule is O=C(Cl)c1ccc(-c2ccc(C(=O)Cl)cc2C(=O)Cl)c(C(=O)Cl)c1. The highest BCUT2D eigenvalue weighted by atomic mass is 35.5. The van der Waals surface area contributed by atoms with Crippen LogP contribution in [0.3, 0.4) is 0 Å². The van der Waals surface area contributed by atoms with Crippen molar-refractivity contribution in [3.8, 4) is 11.1 Å². The highest BCUT2D eigenvalue weighted by molar-refractivity contribution is 6.70. The summed E-state index contributed by atoms with van der Waals surface area (Å²) in [5, 5.41) is -3.24. The molecule has 0 unspecified atom stereocenters. The van der Waals surface area contributed by atoms with Crippen LogP contribution in [0.5, 0.6) is 0 Å². The van der Waals surface area contributed by atoms with Crippen molar-refractivity contribution in [1.82, 2.24) is 0 Å². The Balaban J connectivity index is 2.76. The van der Waals surface area contributed by atoms with Crippen molar-refractivity contribution in [2.24, 2.45) is 0 Å². The van der Waals surface area contributed by atoms with Gasteiger partial charge in [0.15, 0.2) is 0 Å². The van der Waals surface area contributed by atoms with Crippen molar-refractivity contribution in [3.63, 3.8) is 0 Å². The van der Waals surface area contributed by atoms with Crippen LogP contribution in [0.25, 0.3) is 11.1 Å². The molecule has 0 aliphatic rings. The largest absolute Gasteiger partial charge is 0.276 e. The fourth-order valence-electron chi connectivity index (χ4n) is 2.13. The van der Waals surface area contributed by atoms with E-state index in [0.29, 0.717) is 0 Å². The van der Waals surface area contributed by atoms with Gasteiger partial charge in [-0.15, -0.1) is 0 Å². The molecule has 8 heteroatoms. The van der Waals surface area contributed by atoms with Crippen LogP contribution in [0, 0.1) is 0 Å². The van der Waals surface area contributed by atoms with Gasteiger partial charge in [0.25, 0.3) is 21.0 Å². The van der Waals surface area contributed by atoms with Gasteiger partial charge in [-0.25, -0.2) is 0 Å². The predicted molar refractivity (Wildman–Crippen MR) is 92.6 cm³/mol. The summed E-state index contributed by atoms with van der Waals surface area (Å²) in [4.78, 5) is 45.9. The van der Waals surface area contributed by atoms with Gasteiger partial charge in [-0.3, -0.25) is 19.2 Å². The highest BCUT2D eigenvalue weighted by Gasteiger charge is 2.20. The average Bonchev–Trinajstić information content (AvgIpc) is 2.53. The molecule has 0 saturated heterocycles. The molecule has 0 radical (unpaired) electrons. The van der Waals surface area contributed by atoms with Gasteiger partial charge in [-0.05, 0) is 81.8 Å². The van der Waals surface area contributed by atoms with Gasteiger partial charge in [0, 0.05) is 22.3 Å². The molecule has 4 nitrogen and oxygen atoms in total. The maximum atomic E-state index is 11.7. The van der Waals surface area contributed by atoms with Gasteiger partial charge in [0.2, 0.25) is 0 Å². The van der Waals surface area contributed by atoms with Crippen LogP contribution in [0.2, 0.25) is 0 Å². The molecule has 0 aromatic heterocycles. The minimum absolute atomic E-state index is 0.0349. The van der Waals surface area contributed by atoms with Crippen LogP contribution in [0.15, 0.2) is 36.4 Å². The second-order valence-corrected chi connectivity index (χ2v) is 5.99. The summed E-state index contributed by atoms with van der Waals surface area (Å²) in [6.45, 7) is 0. The molecule has 24 heavy (non-hydrogen) atoms. The van der Waals surface area contributed by atoms with Crippen LogP contribution >= 0.6 is 46.4 Å². The van der Waals surface area contributed by atoms with Gasteiger partial charge >= 0.3 is 0 Å². The lowest BCUT2D eigenvalue weighted by molar-refractivity contribution is 0.106. The molecule has 0 saturated carbocycles. The Labute approximate surface area is 156 Å². The summed E-state index contributed by atoms with van der Waals surface area (Å²) in [6.07, 6.45) is 0.